The second-order valence-electron chi connectivity index (χ2n) is 6.85. The second kappa shape index (κ2) is 9.80. The van der Waals surface area contributed by atoms with Crippen molar-refractivity contribution >= 4 is 44.9 Å². The number of nitro benzene ring substituents is 1. The lowest BCUT2D eigenvalue weighted by molar-refractivity contribution is -0.384. The van der Waals surface area contributed by atoms with E-state index >= 15 is 0 Å². The molecule has 2 heterocycles. The Hall–Kier alpha value is -3.76. The third-order valence-corrected chi connectivity index (χ3v) is 5.41. The van der Waals surface area contributed by atoms with Crippen LogP contribution in [0.15, 0.2) is 86.1 Å². The highest BCUT2D eigenvalue weighted by molar-refractivity contribution is 9.10. The predicted molar refractivity (Wildman–Crippen MR) is 130 cm³/mol. The van der Waals surface area contributed by atoms with Crippen molar-refractivity contribution in [2.75, 3.05) is 0 Å². The van der Waals surface area contributed by atoms with Crippen LogP contribution in [0.4, 0.5) is 5.69 Å². The molecule has 0 aliphatic heterocycles. The molecule has 10 heteroatoms. The Morgan fingerprint density at radius 3 is 2.45 bits per heavy atom. The van der Waals surface area contributed by atoms with Crippen LogP contribution >= 0.6 is 28.1 Å². The van der Waals surface area contributed by atoms with E-state index in [-0.39, 0.29) is 34.4 Å². The van der Waals surface area contributed by atoms with Gasteiger partial charge in [-0.15, -0.1) is 0 Å². The quantitative estimate of drug-likeness (QED) is 0.189. The summed E-state index contributed by atoms with van der Waals surface area (Å²) >= 11 is 8.58. The van der Waals surface area contributed by atoms with Gasteiger partial charge in [0.05, 0.1) is 17.0 Å². The fourth-order valence-corrected chi connectivity index (χ4v) is 3.49. The molecule has 2 aromatic carbocycles. The number of halogens is 1. The van der Waals surface area contributed by atoms with Crippen LogP contribution in [-0.4, -0.2) is 15.9 Å². The van der Waals surface area contributed by atoms with Crippen molar-refractivity contribution in [3.05, 3.63) is 98.9 Å². The van der Waals surface area contributed by atoms with Crippen LogP contribution in [-0.2, 0) is 6.54 Å². The average Bonchev–Trinajstić information content (AvgIpc) is 3.48. The minimum atomic E-state index is -0.577. The molecule has 2 N–H and O–H groups in total. The summed E-state index contributed by atoms with van der Waals surface area (Å²) in [6.07, 6.45) is 0. The highest BCUT2D eigenvalue weighted by Crippen LogP contribution is 2.30. The van der Waals surface area contributed by atoms with Gasteiger partial charge in [0.25, 0.3) is 11.6 Å². The Labute approximate surface area is 201 Å². The summed E-state index contributed by atoms with van der Waals surface area (Å²) in [5, 5.41) is 16.7. The monoisotopic (exact) mass is 525 g/mol. The minimum absolute atomic E-state index is 0.0252. The molecular formula is C23H16BrN3O5S. The van der Waals surface area contributed by atoms with Crippen LogP contribution in [0.5, 0.6) is 0 Å². The number of amides is 1. The number of carbonyl (C=O) groups excluding carboxylic acids is 1. The summed E-state index contributed by atoms with van der Waals surface area (Å²) in [5.41, 5.74) is 1.10. The van der Waals surface area contributed by atoms with E-state index < -0.39 is 10.8 Å². The van der Waals surface area contributed by atoms with E-state index in [2.05, 4.69) is 26.6 Å². The summed E-state index contributed by atoms with van der Waals surface area (Å²) in [6.45, 7) is 0.273. The molecule has 0 aliphatic carbocycles. The minimum Gasteiger partial charge on any atom is -0.459 e. The standard InChI is InChI=1S/C23H16BrN3O5S/c24-15-7-5-14(6-8-15)19-10-9-16(31-19)13-25-23(33)26-22(28)21-12-11-20(32-21)17-3-1-2-4-18(17)27(29)30/h1-12H,13H2,(H2,25,26,28,33). The fraction of sp³-hybridized carbons (Fsp3) is 0.0435. The number of nitrogens with zero attached hydrogens (tertiary/aromatic N) is 1. The lowest BCUT2D eigenvalue weighted by Crippen LogP contribution is -2.38. The Kier molecular flexibility index (Phi) is 6.66. The van der Waals surface area contributed by atoms with Gasteiger partial charge in [-0.1, -0.05) is 40.2 Å². The number of furan rings is 2. The molecule has 0 saturated carbocycles. The van der Waals surface area contributed by atoms with Gasteiger partial charge >= 0.3 is 0 Å². The van der Waals surface area contributed by atoms with Crippen LogP contribution in [0, 0.1) is 10.1 Å². The molecule has 0 aliphatic rings. The van der Waals surface area contributed by atoms with Crippen LogP contribution in [0.2, 0.25) is 0 Å². The first-order chi connectivity index (χ1) is 15.9. The number of benzene rings is 2. The molecule has 1 amide bonds. The van der Waals surface area contributed by atoms with E-state index in [4.69, 9.17) is 21.1 Å². The lowest BCUT2D eigenvalue weighted by Gasteiger charge is -2.07. The number of carbonyl (C=O) groups is 1. The smallest absolute Gasteiger partial charge is 0.293 e. The van der Waals surface area contributed by atoms with Crippen LogP contribution < -0.4 is 10.6 Å². The molecule has 0 bridgehead atoms. The van der Waals surface area contributed by atoms with Gasteiger partial charge < -0.3 is 14.2 Å². The van der Waals surface area contributed by atoms with E-state index in [1.54, 1.807) is 18.2 Å². The van der Waals surface area contributed by atoms with Crippen LogP contribution in [0.25, 0.3) is 22.6 Å². The number of nitrogens with one attached hydrogen (secondary N) is 2. The molecule has 4 rings (SSSR count). The van der Waals surface area contributed by atoms with E-state index in [9.17, 15) is 14.9 Å². The molecule has 2 aromatic heterocycles. The van der Waals surface area contributed by atoms with Crippen molar-refractivity contribution in [3.63, 3.8) is 0 Å². The predicted octanol–water partition coefficient (Wildman–Crippen LogP) is 5.68. The first kappa shape index (κ1) is 22.4. The topological polar surface area (TPSA) is 111 Å². The third kappa shape index (κ3) is 5.36. The van der Waals surface area contributed by atoms with Crippen molar-refractivity contribution in [2.45, 2.75) is 6.54 Å². The van der Waals surface area contributed by atoms with Crippen LogP contribution in [0.1, 0.15) is 16.3 Å². The number of para-hydroxylation sites is 1. The van der Waals surface area contributed by atoms with Crippen molar-refractivity contribution < 1.29 is 18.6 Å². The largest absolute Gasteiger partial charge is 0.459 e. The highest BCUT2D eigenvalue weighted by atomic mass is 79.9. The summed E-state index contributed by atoms with van der Waals surface area (Å²) < 4.78 is 12.3. The van der Waals surface area contributed by atoms with Gasteiger partial charge in [-0.25, -0.2) is 0 Å². The van der Waals surface area contributed by atoms with E-state index in [1.807, 2.05) is 36.4 Å². The molecule has 8 nitrogen and oxygen atoms in total. The Morgan fingerprint density at radius 1 is 0.970 bits per heavy atom. The van der Waals surface area contributed by atoms with Gasteiger partial charge in [-0.2, -0.15) is 0 Å². The van der Waals surface area contributed by atoms with Crippen LogP contribution in [0.3, 0.4) is 0 Å². The first-order valence-corrected chi connectivity index (χ1v) is 10.9. The fourth-order valence-electron chi connectivity index (χ4n) is 3.06. The van der Waals surface area contributed by atoms with E-state index in [0.29, 0.717) is 11.5 Å². The van der Waals surface area contributed by atoms with E-state index in [0.717, 1.165) is 10.0 Å². The second-order valence-corrected chi connectivity index (χ2v) is 8.17. The maximum atomic E-state index is 12.5. The summed E-state index contributed by atoms with van der Waals surface area (Å²) in [6, 6.07) is 20.5. The van der Waals surface area contributed by atoms with Crippen molar-refractivity contribution in [3.8, 4) is 22.6 Å². The molecule has 166 valence electrons. The highest BCUT2D eigenvalue weighted by Gasteiger charge is 2.19. The molecule has 4 aromatic rings. The number of rotatable bonds is 6. The zero-order chi connectivity index (χ0) is 23.4. The molecule has 33 heavy (non-hydrogen) atoms. The molecule has 0 saturated heterocycles. The lowest BCUT2D eigenvalue weighted by atomic mass is 10.1. The molecule has 0 atom stereocenters. The van der Waals surface area contributed by atoms with Gasteiger partial charge in [0.2, 0.25) is 0 Å². The molecular weight excluding hydrogens is 510 g/mol. The van der Waals surface area contributed by atoms with Gasteiger partial charge in [0, 0.05) is 16.1 Å². The number of nitro groups is 1. The van der Waals surface area contributed by atoms with Gasteiger partial charge in [0.15, 0.2) is 10.9 Å². The van der Waals surface area contributed by atoms with Gasteiger partial charge in [-0.3, -0.25) is 20.2 Å². The third-order valence-electron chi connectivity index (χ3n) is 4.64. The Bertz CT molecular complexity index is 1330. The van der Waals surface area contributed by atoms with Crippen molar-refractivity contribution in [1.29, 1.82) is 0 Å². The zero-order valence-electron chi connectivity index (χ0n) is 16.9. The molecule has 0 unspecified atom stereocenters. The number of hydrogen-bond donors (Lipinski definition) is 2. The molecule has 0 radical (unpaired) electrons. The average molecular weight is 526 g/mol. The Morgan fingerprint density at radius 2 is 1.70 bits per heavy atom. The maximum Gasteiger partial charge on any atom is 0.293 e. The number of hydrogen-bond acceptors (Lipinski definition) is 6. The summed E-state index contributed by atoms with van der Waals surface area (Å²) in [7, 11) is 0. The SMILES string of the molecule is O=C(NC(=S)NCc1ccc(-c2ccc(Br)cc2)o1)c1ccc(-c2ccccc2[N+](=O)[O-])o1. The summed E-state index contributed by atoms with van der Waals surface area (Å²) in [4.78, 5) is 23.2. The zero-order valence-corrected chi connectivity index (χ0v) is 19.3. The van der Waals surface area contributed by atoms with Gasteiger partial charge in [-0.05, 0) is 54.7 Å². The molecule has 0 spiro atoms. The molecule has 0 fully saturated rings. The number of thiocarbonyl (C=S) groups is 1. The van der Waals surface area contributed by atoms with Crippen molar-refractivity contribution in [1.82, 2.24) is 10.6 Å². The van der Waals surface area contributed by atoms with E-state index in [1.165, 1.54) is 18.2 Å². The summed E-state index contributed by atoms with van der Waals surface area (Å²) in [5.74, 6) is 0.964. The normalized spacial score (nSPS) is 10.6. The first-order valence-electron chi connectivity index (χ1n) is 9.68. The van der Waals surface area contributed by atoms with Crippen molar-refractivity contribution in [2.24, 2.45) is 0 Å². The maximum absolute atomic E-state index is 12.5. The van der Waals surface area contributed by atoms with Gasteiger partial charge in [0.1, 0.15) is 17.3 Å². The Balaban J connectivity index is 1.35.